The Hall–Kier alpha value is -18.9. The number of carbonyl (C=O) groups excluding carboxylic acids is 12. The highest BCUT2D eigenvalue weighted by Gasteiger charge is 2.55. The molecule has 0 spiro atoms. The lowest BCUT2D eigenvalue weighted by Crippen LogP contribution is -2.52. The number of imide groups is 4. The molecule has 16 amide bonds. The molecular weight excluding hydrogens is 1850 g/mol. The summed E-state index contributed by atoms with van der Waals surface area (Å²) in [5, 5.41) is 43.6. The predicted molar refractivity (Wildman–Crippen MR) is 531 cm³/mol. The number of urea groups is 4. The molecule has 12 aromatic carbocycles. The molecular formula is C109H92N20O16. The Morgan fingerprint density at radius 3 is 1.06 bits per heavy atom. The summed E-state index contributed by atoms with van der Waals surface area (Å²) in [5.74, 6) is -0.453. The summed E-state index contributed by atoms with van der Waals surface area (Å²) >= 11 is 0. The molecule has 4 aromatic heterocycles. The number of fused-ring (bicyclic) bond motifs is 7. The Labute approximate surface area is 826 Å². The third-order valence-electron chi connectivity index (χ3n) is 27.6. The number of H-pyrrole nitrogens is 1. The Balaban J connectivity index is 0.000000114. The molecule has 0 aliphatic carbocycles. The van der Waals surface area contributed by atoms with Crippen LogP contribution in [0, 0.1) is 0 Å². The minimum Gasteiger partial charge on any atom is -0.497 e. The second-order valence-corrected chi connectivity index (χ2v) is 36.6. The van der Waals surface area contributed by atoms with Crippen LogP contribution in [0.25, 0.3) is 77.2 Å². The lowest BCUT2D eigenvalue weighted by atomic mass is 9.88. The average Bonchev–Trinajstić information content (AvgIpc) is 1.61. The van der Waals surface area contributed by atoms with Crippen molar-refractivity contribution in [1.82, 2.24) is 102 Å². The minimum atomic E-state index is -1.41. The molecule has 724 valence electrons. The van der Waals surface area contributed by atoms with E-state index in [-0.39, 0.29) is 49.8 Å². The number of aromatic nitrogens is 8. The maximum absolute atomic E-state index is 13.4. The number of nitrogens with zero attached hydrogens (tertiary/aromatic N) is 11. The lowest BCUT2D eigenvalue weighted by molar-refractivity contribution is -0.125. The Morgan fingerprint density at radius 1 is 0.324 bits per heavy atom. The highest BCUT2D eigenvalue weighted by Crippen LogP contribution is 2.42. The van der Waals surface area contributed by atoms with Crippen molar-refractivity contribution in [3.63, 3.8) is 0 Å². The van der Waals surface area contributed by atoms with E-state index in [1.54, 1.807) is 117 Å². The van der Waals surface area contributed by atoms with Crippen molar-refractivity contribution < 1.29 is 76.5 Å². The maximum Gasteiger partial charge on any atom is 0.322 e. The number of benzene rings is 12. The van der Waals surface area contributed by atoms with Gasteiger partial charge in [-0.1, -0.05) is 188 Å². The number of methoxy groups -OCH3 is 3. The monoisotopic (exact) mass is 1940 g/mol. The highest BCUT2D eigenvalue weighted by molar-refractivity contribution is 6.12. The van der Waals surface area contributed by atoms with E-state index in [9.17, 15) is 57.5 Å². The molecule has 9 N–H and O–H groups in total. The van der Waals surface area contributed by atoms with Crippen LogP contribution in [-0.4, -0.2) is 178 Å². The van der Waals surface area contributed by atoms with Crippen molar-refractivity contribution in [1.29, 1.82) is 0 Å². The van der Waals surface area contributed by atoms with Gasteiger partial charge in [-0.25, -0.2) is 19.2 Å². The van der Waals surface area contributed by atoms with Crippen LogP contribution in [0.4, 0.5) is 19.2 Å². The van der Waals surface area contributed by atoms with Gasteiger partial charge in [0.2, 0.25) is 0 Å². The first kappa shape index (κ1) is 92.5. The zero-order valence-electron chi connectivity index (χ0n) is 79.0. The smallest absolute Gasteiger partial charge is 0.322 e. The molecule has 0 bridgehead atoms. The summed E-state index contributed by atoms with van der Waals surface area (Å²) in [5.41, 5.74) is 13.8. The fraction of sp³-hybridized carbons (Fsp3) is 0.174. The van der Waals surface area contributed by atoms with Gasteiger partial charge in [0.25, 0.3) is 47.3 Å². The van der Waals surface area contributed by atoms with Crippen LogP contribution in [-0.2, 0) is 95.3 Å². The van der Waals surface area contributed by atoms with Crippen molar-refractivity contribution >= 4 is 104 Å². The number of hydrogen-bond donors (Lipinski definition) is 9. The molecule has 0 unspecified atom stereocenters. The van der Waals surface area contributed by atoms with Crippen LogP contribution in [0.3, 0.4) is 0 Å². The summed E-state index contributed by atoms with van der Waals surface area (Å²) in [4.78, 5) is 161. The number of hydrogen-bond acceptors (Lipinski definition) is 20. The molecule has 16 aromatic rings. The van der Waals surface area contributed by atoms with Crippen LogP contribution in [0.15, 0.2) is 286 Å². The van der Waals surface area contributed by atoms with Crippen molar-refractivity contribution in [2.24, 2.45) is 21.1 Å². The summed E-state index contributed by atoms with van der Waals surface area (Å²) in [6, 6.07) is 76.8. The Bertz CT molecular complexity index is 8040. The van der Waals surface area contributed by atoms with E-state index >= 15 is 0 Å². The molecule has 36 nitrogen and oxygen atoms in total. The molecule has 4 atom stereocenters. The third kappa shape index (κ3) is 17.3. The van der Waals surface area contributed by atoms with Crippen LogP contribution < -0.4 is 61.5 Å². The summed E-state index contributed by atoms with van der Waals surface area (Å²) in [6.45, 7) is 1.72. The maximum atomic E-state index is 13.4. The molecule has 8 aliphatic rings. The fourth-order valence-corrected chi connectivity index (χ4v) is 19.9. The topological polar surface area (TPSA) is 433 Å². The normalized spacial score (nSPS) is 18.8. The summed E-state index contributed by atoms with van der Waals surface area (Å²) in [6.07, 6.45) is 9.20. The molecule has 0 saturated carbocycles. The summed E-state index contributed by atoms with van der Waals surface area (Å²) < 4.78 is 27.0. The van der Waals surface area contributed by atoms with E-state index in [4.69, 9.17) is 18.9 Å². The van der Waals surface area contributed by atoms with Gasteiger partial charge in [-0.15, -0.1) is 0 Å². The first-order valence-electron chi connectivity index (χ1n) is 46.3. The molecule has 4 fully saturated rings. The lowest BCUT2D eigenvalue weighted by Gasteiger charge is -2.31. The zero-order valence-corrected chi connectivity index (χ0v) is 79.0. The number of amides is 16. The first-order chi connectivity index (χ1) is 70.1. The quantitative estimate of drug-likeness (QED) is 0.0285. The van der Waals surface area contributed by atoms with E-state index < -0.39 is 69.9 Å². The Morgan fingerprint density at radius 2 is 0.683 bits per heavy atom. The first-order valence-corrected chi connectivity index (χ1v) is 46.3. The van der Waals surface area contributed by atoms with E-state index in [1.165, 1.54) is 0 Å². The van der Waals surface area contributed by atoms with Gasteiger partial charge >= 0.3 is 24.1 Å². The Kier molecular flexibility index (Phi) is 23.6. The predicted octanol–water partition coefficient (Wildman–Crippen LogP) is 12.2. The van der Waals surface area contributed by atoms with Crippen LogP contribution in [0.5, 0.6) is 23.0 Å². The SMILES string of the molecule is COc1ccc2c(c1)C(=O)N(C[C@@]1(c3ccc(-c4ccc5cn(C)nc5c4)cc3)NC(=O)NC1=O)C2.COc1ccc2c(c1)C(=O)N(C[C@@]1(c3ccc(-c4ccc5cn[nH]c5c4)cc3)NC(=O)NC1=O)C2.COc1ccc2c(c1)C(=O)N(C[C@@]1(c3ccc(-c4ccc5cnn(C)c5c4)cc3)NC(=O)NC1=O)C2.Cn1cc(-c2ccc([C@]3(CN4Cc5ccc(OCc6ccccc6)cc5C4=O)NC(=O)NC3=O)cc2)cn1. The van der Waals surface area contributed by atoms with Gasteiger partial charge < -0.3 is 59.8 Å². The van der Waals surface area contributed by atoms with Crippen LogP contribution in [0.2, 0.25) is 0 Å². The van der Waals surface area contributed by atoms with Crippen molar-refractivity contribution in [2.45, 2.75) is 54.9 Å². The van der Waals surface area contributed by atoms with Gasteiger partial charge in [-0.3, -0.25) is 78.8 Å². The zero-order chi connectivity index (χ0) is 100. The molecule has 4 saturated heterocycles. The molecule has 12 heterocycles. The largest absolute Gasteiger partial charge is 0.497 e. The fourth-order valence-electron chi connectivity index (χ4n) is 19.9. The van der Waals surface area contributed by atoms with Gasteiger partial charge in [0, 0.05) is 104 Å². The number of rotatable bonds is 22. The van der Waals surface area contributed by atoms with E-state index in [0.29, 0.717) is 100 Å². The van der Waals surface area contributed by atoms with E-state index in [1.807, 2.05) is 239 Å². The molecule has 36 heteroatoms. The van der Waals surface area contributed by atoms with E-state index in [2.05, 4.69) is 74.1 Å². The highest BCUT2D eigenvalue weighted by atomic mass is 16.5. The van der Waals surface area contributed by atoms with Crippen molar-refractivity contribution in [3.05, 3.63) is 358 Å². The number of aromatic amines is 1. The second-order valence-electron chi connectivity index (χ2n) is 36.6. The molecule has 8 aliphatic heterocycles. The summed E-state index contributed by atoms with van der Waals surface area (Å²) in [7, 11) is 10.3. The van der Waals surface area contributed by atoms with Gasteiger partial charge in [0.1, 0.15) is 29.6 Å². The number of nitrogens with one attached hydrogen (secondary N) is 9. The molecule has 145 heavy (non-hydrogen) atoms. The van der Waals surface area contributed by atoms with Crippen molar-refractivity contribution in [2.75, 3.05) is 47.5 Å². The molecule has 0 radical (unpaired) electrons. The van der Waals surface area contributed by atoms with Crippen LogP contribution >= 0.6 is 0 Å². The average molecular weight is 1940 g/mol. The van der Waals surface area contributed by atoms with E-state index in [0.717, 1.165) is 105 Å². The van der Waals surface area contributed by atoms with Crippen LogP contribution in [0.1, 0.15) is 91.5 Å². The van der Waals surface area contributed by atoms with Gasteiger partial charge in [-0.2, -0.15) is 20.4 Å². The number of aryl methyl sites for hydroxylation is 3. The third-order valence-corrected chi connectivity index (χ3v) is 27.6. The van der Waals surface area contributed by atoms with Gasteiger partial charge in [-0.05, 0) is 156 Å². The second kappa shape index (κ2) is 37.0. The number of ether oxygens (including phenoxy) is 4. The molecule has 24 rings (SSSR count). The van der Waals surface area contributed by atoms with Gasteiger partial charge in [0.05, 0.1) is 82.6 Å². The van der Waals surface area contributed by atoms with Crippen molar-refractivity contribution in [3.8, 4) is 67.5 Å². The minimum absolute atomic E-state index is 0.000146. The van der Waals surface area contributed by atoms with Gasteiger partial charge in [0.15, 0.2) is 22.2 Å². The standard InChI is InChI=1S/C29H25N5O4.2C27H23N5O4.C26H21N5O4/c1-33-15-22(14-30-33)20-7-10-23(11-8-20)29(27(36)31-28(37)32-29)18-34-16-21-9-12-24(13-25(21)26(34)35)38-17-19-5-3-2-4-6-19;1-31-13-19-4-3-17(11-23(19)30-31)16-5-8-20(9-6-16)27(25(34)28-26(35)29-27)15-32-14-18-7-10-21(36-2)12-22(18)24(32)33;1-31-23-11-17(3-4-18(23)13-28-31)16-5-8-20(9-6-16)27(25(34)29-26(35)30-27)15-32-14-19-7-10-21(36-2)12-22(19)24(32)33;1-35-20-9-6-18-13-31(23(32)21(18)11-20)14-26(24(33)28-25(34)29-26)19-7-4-15(5-8-19)16-2-3-17-12-27-30-22(17)10-16/h2-15H,16-18H2,1H3,(H2,31,32,36,37);3-13H,14-15H2,1-2H3,(H2,28,29,34,35);3-13H,14-15H2,1-2H3,(H2,29,30,34,35);2-12H,13-14H2,1H3,(H,27,30)(H2,28,29,33,34)/t29-;2*27-;26-/m0000/s1. The number of carbonyl (C=O) groups is 12.